The van der Waals surface area contributed by atoms with Crippen molar-refractivity contribution in [3.8, 4) is 0 Å². The van der Waals surface area contributed by atoms with E-state index in [9.17, 15) is 4.21 Å². The lowest BCUT2D eigenvalue weighted by Gasteiger charge is -2.35. The summed E-state index contributed by atoms with van der Waals surface area (Å²) in [5.41, 5.74) is 6.07. The minimum absolute atomic E-state index is 0.00656. The summed E-state index contributed by atoms with van der Waals surface area (Å²) in [5, 5.41) is 0. The Morgan fingerprint density at radius 3 is 2.53 bits per heavy atom. The first kappa shape index (κ1) is 12.8. The van der Waals surface area contributed by atoms with Crippen LogP contribution in [-0.4, -0.2) is 39.7 Å². The Balaban J connectivity index is 2.15. The van der Waals surface area contributed by atoms with Crippen LogP contribution in [0, 0.1) is 6.92 Å². The normalized spacial score (nSPS) is 22.5. The smallest absolute Gasteiger partial charge is 0.122 e. The van der Waals surface area contributed by atoms with E-state index in [1.54, 1.807) is 0 Å². The van der Waals surface area contributed by atoms with Gasteiger partial charge in [-0.2, -0.15) is 0 Å². The van der Waals surface area contributed by atoms with E-state index in [1.807, 2.05) is 26.0 Å². The van der Waals surface area contributed by atoms with E-state index < -0.39 is 10.8 Å². The fraction of sp³-hybridized carbons (Fsp3) is 0.667. The first-order valence-corrected chi connectivity index (χ1v) is 7.47. The third-order valence-electron chi connectivity index (χ3n) is 3.16. The average molecular weight is 256 g/mol. The zero-order valence-electron chi connectivity index (χ0n) is 10.4. The zero-order chi connectivity index (χ0) is 12.4. The summed E-state index contributed by atoms with van der Waals surface area (Å²) < 4.78 is 17.1. The fourth-order valence-corrected chi connectivity index (χ4v) is 3.39. The van der Waals surface area contributed by atoms with Crippen LogP contribution < -0.4 is 5.73 Å². The summed E-state index contributed by atoms with van der Waals surface area (Å²) in [6.07, 6.45) is 0. The summed E-state index contributed by atoms with van der Waals surface area (Å²) in [6.45, 7) is 5.60. The Labute approximate surface area is 105 Å². The van der Waals surface area contributed by atoms with Gasteiger partial charge in [-0.1, -0.05) is 0 Å². The van der Waals surface area contributed by atoms with Crippen molar-refractivity contribution in [2.24, 2.45) is 5.73 Å². The van der Waals surface area contributed by atoms with Gasteiger partial charge in [0, 0.05) is 41.4 Å². The maximum Gasteiger partial charge on any atom is 0.122 e. The summed E-state index contributed by atoms with van der Waals surface area (Å²) in [5.74, 6) is 3.31. The summed E-state index contributed by atoms with van der Waals surface area (Å²) in [7, 11) is -0.655. The molecular weight excluding hydrogens is 236 g/mol. The van der Waals surface area contributed by atoms with Gasteiger partial charge in [0.25, 0.3) is 0 Å². The highest BCUT2D eigenvalue weighted by Gasteiger charge is 2.29. The van der Waals surface area contributed by atoms with Crippen LogP contribution in [0.4, 0.5) is 0 Å². The van der Waals surface area contributed by atoms with Crippen LogP contribution in [0.5, 0.6) is 0 Å². The molecule has 0 saturated carbocycles. The van der Waals surface area contributed by atoms with Crippen LogP contribution in [0.25, 0.3) is 0 Å². The van der Waals surface area contributed by atoms with Gasteiger partial charge in [0.05, 0.1) is 6.04 Å². The van der Waals surface area contributed by atoms with Crippen LogP contribution in [0.3, 0.4) is 0 Å². The summed E-state index contributed by atoms with van der Waals surface area (Å²) in [6, 6.07) is 4.06. The van der Waals surface area contributed by atoms with Gasteiger partial charge in [0.1, 0.15) is 11.5 Å². The Morgan fingerprint density at radius 1 is 1.41 bits per heavy atom. The largest absolute Gasteiger partial charge is 0.465 e. The van der Waals surface area contributed by atoms with Crippen molar-refractivity contribution in [3.05, 3.63) is 23.7 Å². The number of aryl methyl sites for hydroxylation is 1. The van der Waals surface area contributed by atoms with E-state index in [0.29, 0.717) is 0 Å². The van der Waals surface area contributed by atoms with E-state index in [0.717, 1.165) is 36.1 Å². The monoisotopic (exact) mass is 256 g/mol. The molecule has 0 amide bonds. The third kappa shape index (κ3) is 2.97. The van der Waals surface area contributed by atoms with E-state index >= 15 is 0 Å². The zero-order valence-corrected chi connectivity index (χ0v) is 11.2. The number of nitrogens with zero attached hydrogens (tertiary/aromatic N) is 1. The Kier molecular flexibility index (Phi) is 4.01. The maximum absolute atomic E-state index is 11.4. The lowest BCUT2D eigenvalue weighted by molar-refractivity contribution is 0.168. The molecule has 1 aromatic heterocycles. The molecule has 1 aliphatic rings. The molecule has 96 valence electrons. The average Bonchev–Trinajstić information content (AvgIpc) is 2.68. The van der Waals surface area contributed by atoms with Gasteiger partial charge in [0.15, 0.2) is 0 Å². The van der Waals surface area contributed by atoms with Gasteiger partial charge in [-0.3, -0.25) is 9.11 Å². The molecule has 2 heterocycles. The van der Waals surface area contributed by atoms with Crippen LogP contribution in [-0.2, 0) is 10.8 Å². The standard InChI is InChI=1S/C12H20N2O2S/c1-9-3-4-11(16-9)12(10(2)13)14-5-7-17(15)8-6-14/h3-4,10,12H,5-8,13H2,1-2H3. The Hall–Kier alpha value is -0.650. The maximum atomic E-state index is 11.4. The highest BCUT2D eigenvalue weighted by molar-refractivity contribution is 7.85. The van der Waals surface area contributed by atoms with Crippen molar-refractivity contribution in [2.75, 3.05) is 24.6 Å². The van der Waals surface area contributed by atoms with Crippen LogP contribution in [0.1, 0.15) is 24.5 Å². The van der Waals surface area contributed by atoms with E-state index in [2.05, 4.69) is 4.90 Å². The first-order valence-electron chi connectivity index (χ1n) is 5.99. The Bertz CT molecular complexity index is 393. The van der Waals surface area contributed by atoms with Crippen LogP contribution >= 0.6 is 0 Å². The van der Waals surface area contributed by atoms with E-state index in [-0.39, 0.29) is 12.1 Å². The predicted molar refractivity (Wildman–Crippen MR) is 69.3 cm³/mol. The molecule has 2 atom stereocenters. The SMILES string of the molecule is Cc1ccc(C(C(C)N)N2CCS(=O)CC2)o1. The van der Waals surface area contributed by atoms with Crippen LogP contribution in [0.2, 0.25) is 0 Å². The molecule has 2 unspecified atom stereocenters. The second-order valence-electron chi connectivity index (χ2n) is 4.64. The van der Waals surface area contributed by atoms with Crippen molar-refractivity contribution in [2.45, 2.75) is 25.9 Å². The molecule has 0 bridgehead atoms. The van der Waals surface area contributed by atoms with Gasteiger partial charge in [-0.05, 0) is 26.0 Å². The van der Waals surface area contributed by atoms with Crippen molar-refractivity contribution in [1.29, 1.82) is 0 Å². The Morgan fingerprint density at radius 2 is 2.06 bits per heavy atom. The number of furan rings is 1. The quantitative estimate of drug-likeness (QED) is 0.878. The minimum Gasteiger partial charge on any atom is -0.465 e. The molecule has 0 spiro atoms. The fourth-order valence-electron chi connectivity index (χ4n) is 2.31. The second-order valence-corrected chi connectivity index (χ2v) is 6.33. The number of hydrogen-bond donors (Lipinski definition) is 1. The molecule has 0 radical (unpaired) electrons. The molecule has 2 rings (SSSR count). The van der Waals surface area contributed by atoms with Crippen molar-refractivity contribution >= 4 is 10.8 Å². The molecule has 17 heavy (non-hydrogen) atoms. The number of rotatable bonds is 3. The van der Waals surface area contributed by atoms with Crippen LogP contribution in [0.15, 0.2) is 16.5 Å². The minimum atomic E-state index is -0.655. The molecule has 1 aromatic rings. The van der Waals surface area contributed by atoms with Gasteiger partial charge in [0.2, 0.25) is 0 Å². The van der Waals surface area contributed by atoms with E-state index in [4.69, 9.17) is 10.2 Å². The van der Waals surface area contributed by atoms with Crippen molar-refractivity contribution in [3.63, 3.8) is 0 Å². The van der Waals surface area contributed by atoms with Gasteiger partial charge >= 0.3 is 0 Å². The molecule has 5 heteroatoms. The molecule has 1 fully saturated rings. The van der Waals surface area contributed by atoms with Crippen molar-refractivity contribution in [1.82, 2.24) is 4.90 Å². The van der Waals surface area contributed by atoms with Gasteiger partial charge < -0.3 is 10.2 Å². The lowest BCUT2D eigenvalue weighted by Crippen LogP contribution is -2.45. The predicted octanol–water partition coefficient (Wildman–Crippen LogP) is 1.04. The number of nitrogens with two attached hydrogens (primary N) is 1. The first-order chi connectivity index (χ1) is 8.08. The highest BCUT2D eigenvalue weighted by atomic mass is 32.2. The molecule has 4 nitrogen and oxygen atoms in total. The molecule has 1 aliphatic heterocycles. The van der Waals surface area contributed by atoms with Gasteiger partial charge in [-0.15, -0.1) is 0 Å². The summed E-state index contributed by atoms with van der Waals surface area (Å²) >= 11 is 0. The molecule has 0 aromatic carbocycles. The topological polar surface area (TPSA) is 59.5 Å². The van der Waals surface area contributed by atoms with E-state index in [1.165, 1.54) is 0 Å². The number of hydrogen-bond acceptors (Lipinski definition) is 4. The molecule has 2 N–H and O–H groups in total. The second kappa shape index (κ2) is 5.33. The van der Waals surface area contributed by atoms with Crippen molar-refractivity contribution < 1.29 is 8.63 Å². The molecular formula is C12H20N2O2S. The molecule has 0 aliphatic carbocycles. The summed E-state index contributed by atoms with van der Waals surface area (Å²) in [4.78, 5) is 2.28. The third-order valence-corrected chi connectivity index (χ3v) is 4.43. The van der Waals surface area contributed by atoms with Gasteiger partial charge in [-0.25, -0.2) is 0 Å². The molecule has 1 saturated heterocycles. The lowest BCUT2D eigenvalue weighted by atomic mass is 10.1. The highest BCUT2D eigenvalue weighted by Crippen LogP contribution is 2.26.